The third-order valence-electron chi connectivity index (χ3n) is 17.0. The summed E-state index contributed by atoms with van der Waals surface area (Å²) in [5.74, 6) is -5.66. The van der Waals surface area contributed by atoms with E-state index in [0.29, 0.717) is 43.5 Å². The van der Waals surface area contributed by atoms with Crippen LogP contribution in [-0.2, 0) is 75.2 Å². The number of amides is 11. The highest BCUT2D eigenvalue weighted by Crippen LogP contribution is 2.31. The largest absolute Gasteiger partial charge is 0.445 e. The molecular formula is C67H96N12O14S2. The third-order valence-corrected chi connectivity index (χ3v) is 18.9. The summed E-state index contributed by atoms with van der Waals surface area (Å²) in [5.41, 5.74) is 1.98. The summed E-state index contributed by atoms with van der Waals surface area (Å²) < 4.78 is 17.7. The number of carbonyl (C=O) groups is 11. The number of anilines is 1. The maximum absolute atomic E-state index is 14.4. The van der Waals surface area contributed by atoms with Gasteiger partial charge in [-0.3, -0.25) is 52.8 Å². The molecule has 2 aliphatic heterocycles. The van der Waals surface area contributed by atoms with Gasteiger partial charge < -0.3 is 65.3 Å². The van der Waals surface area contributed by atoms with Gasteiger partial charge in [-0.15, -0.1) is 11.3 Å². The quantitative estimate of drug-likeness (QED) is 0.0385. The first kappa shape index (κ1) is 77.5. The third kappa shape index (κ3) is 22.7. The van der Waals surface area contributed by atoms with Crippen LogP contribution in [0.3, 0.4) is 0 Å². The number of rotatable bonds is 35. The van der Waals surface area contributed by atoms with Crippen molar-refractivity contribution >= 4 is 94.0 Å². The fourth-order valence-electron chi connectivity index (χ4n) is 11.6. The van der Waals surface area contributed by atoms with Crippen molar-refractivity contribution in [2.24, 2.45) is 23.7 Å². The number of aromatic nitrogens is 1. The Bertz CT molecular complexity index is 3080. The second-order valence-corrected chi connectivity index (χ2v) is 26.4. The van der Waals surface area contributed by atoms with Gasteiger partial charge in [0.15, 0.2) is 0 Å². The summed E-state index contributed by atoms with van der Waals surface area (Å²) in [7, 11) is 6.10. The highest BCUT2D eigenvalue weighted by atomic mass is 32.2. The second-order valence-electron chi connectivity index (χ2n) is 24.4. The standard InChI is InChI=1S/C67H96N12O14S2/c1-14-44(8)61(51(91-12)34-57(85)79-30-20-23-50(79)62(92-13)45(9)63(87)72-49(66-68-29-32-95-66)33-46-21-18-17-19-22-46)74(10)58(86)36-70-65(89)60(43(6)7)75(11)67(90)93-37-47-24-26-48(27-25-47)71-52(80)35-69-64(88)59(42(4)5)73-53(81)38-94-31-28-56(84)78-40-76(54(82)15-2)39-77(41-78)55(83)16-3/h15-19,21-22,24-27,29,32,42-45,49-51,59-62H,2-3,14,20,23,28,30-31,33-41H2,1,4-13H3,(H,69,88)(H,70,89)(H,71,80)(H,72,87)(H,73,81)/t44?,45-,49+,50+,51-,59?,60?,61?,62-/m1/s1. The summed E-state index contributed by atoms with van der Waals surface area (Å²) >= 11 is 2.63. The molecular weight excluding hydrogens is 1260 g/mol. The number of likely N-dealkylation sites (N-methyl/N-ethyl adjacent to an activating group) is 2. The van der Waals surface area contributed by atoms with E-state index < -0.39 is 109 Å². The van der Waals surface area contributed by atoms with Crippen LogP contribution in [0.25, 0.3) is 0 Å². The minimum absolute atomic E-state index is 0.0126. The zero-order valence-corrected chi connectivity index (χ0v) is 58.2. The average molecular weight is 1360 g/mol. The maximum atomic E-state index is 14.4. The van der Waals surface area contributed by atoms with Gasteiger partial charge in [0.25, 0.3) is 0 Å². The first-order valence-corrected chi connectivity index (χ1v) is 34.0. The van der Waals surface area contributed by atoms with Crippen LogP contribution < -0.4 is 26.6 Å². The molecule has 0 bridgehead atoms. The Morgan fingerprint density at radius 3 is 1.97 bits per heavy atom. The van der Waals surface area contributed by atoms with Gasteiger partial charge in [-0.25, -0.2) is 9.78 Å². The molecule has 0 aliphatic carbocycles. The number of thioether (sulfide) groups is 1. The monoisotopic (exact) mass is 1360 g/mol. The number of hydrogen-bond acceptors (Lipinski definition) is 17. The molecule has 0 spiro atoms. The lowest BCUT2D eigenvalue weighted by atomic mass is 9.90. The summed E-state index contributed by atoms with van der Waals surface area (Å²) in [5, 5.41) is 16.5. The Balaban J connectivity index is 1.06. The van der Waals surface area contributed by atoms with Gasteiger partial charge in [0.1, 0.15) is 23.7 Å². The van der Waals surface area contributed by atoms with E-state index in [2.05, 4.69) is 44.7 Å². The summed E-state index contributed by atoms with van der Waals surface area (Å²) in [4.78, 5) is 159. The zero-order valence-electron chi connectivity index (χ0n) is 56.5. The van der Waals surface area contributed by atoms with E-state index in [9.17, 15) is 52.7 Å². The topological polar surface area (TPSA) is 308 Å². The van der Waals surface area contributed by atoms with Gasteiger partial charge in [0.05, 0.1) is 81.5 Å². The predicted octanol–water partition coefficient (Wildman–Crippen LogP) is 4.94. The Labute approximate surface area is 566 Å². The van der Waals surface area contributed by atoms with Crippen molar-refractivity contribution in [3.05, 3.63) is 108 Å². The molecule has 3 aromatic rings. The van der Waals surface area contributed by atoms with Crippen LogP contribution in [0.2, 0.25) is 0 Å². The molecule has 0 saturated carbocycles. The zero-order chi connectivity index (χ0) is 70.1. The molecule has 26 nitrogen and oxygen atoms in total. The molecule has 4 unspecified atom stereocenters. The minimum Gasteiger partial charge on any atom is -0.445 e. The number of likely N-dealkylation sites (tertiary alicyclic amines) is 1. The number of ether oxygens (including phenoxy) is 3. The number of benzene rings is 2. The van der Waals surface area contributed by atoms with Crippen LogP contribution in [0.5, 0.6) is 0 Å². The van der Waals surface area contributed by atoms with E-state index in [0.717, 1.165) is 39.4 Å². The van der Waals surface area contributed by atoms with Gasteiger partial charge in [0.2, 0.25) is 59.1 Å². The highest BCUT2D eigenvalue weighted by molar-refractivity contribution is 7.99. The Kier molecular flexibility index (Phi) is 31.3. The van der Waals surface area contributed by atoms with Crippen molar-refractivity contribution in [2.45, 2.75) is 136 Å². The summed E-state index contributed by atoms with van der Waals surface area (Å²) in [6.07, 6.45) is 4.21. The lowest BCUT2D eigenvalue weighted by molar-refractivity contribution is -0.154. The molecule has 1 aromatic heterocycles. The van der Waals surface area contributed by atoms with E-state index in [4.69, 9.17) is 14.2 Å². The molecule has 11 amide bonds. The number of methoxy groups -OCH3 is 2. The van der Waals surface area contributed by atoms with Crippen molar-refractivity contribution in [2.75, 3.05) is 84.8 Å². The van der Waals surface area contributed by atoms with Crippen LogP contribution in [0, 0.1) is 23.7 Å². The van der Waals surface area contributed by atoms with Crippen molar-refractivity contribution in [3.63, 3.8) is 0 Å². The minimum atomic E-state index is -1.04. The average Bonchev–Trinajstić information content (AvgIpc) is 1.79. The molecule has 9 atom stereocenters. The maximum Gasteiger partial charge on any atom is 0.410 e. The lowest BCUT2D eigenvalue weighted by Gasteiger charge is -2.41. The van der Waals surface area contributed by atoms with Crippen LogP contribution in [0.15, 0.2) is 91.5 Å². The van der Waals surface area contributed by atoms with E-state index >= 15 is 0 Å². The SMILES string of the molecule is C=CC(=O)N1CN(C(=O)C=C)CN(C(=O)CCSCC(=O)NC(C(=O)NCC(=O)Nc2ccc(COC(=O)N(C)C(C(=O)NCC(=O)N(C)C(C(C)CC)[C@@H](CC(=O)N3CCC[C@H]3[C@H](OC)[C@@H](C)C(=O)N[C@@H](Cc3ccccc3)c3nccs3)OC)C(C)C)cc2)C(C)C)C1. The van der Waals surface area contributed by atoms with Crippen molar-refractivity contribution in [1.29, 1.82) is 0 Å². The Hall–Kier alpha value is -8.21. The molecule has 3 heterocycles. The van der Waals surface area contributed by atoms with E-state index in [-0.39, 0.29) is 86.6 Å². The number of nitrogens with one attached hydrogen (secondary N) is 5. The first-order chi connectivity index (χ1) is 45.3. The first-order valence-electron chi connectivity index (χ1n) is 31.9. The van der Waals surface area contributed by atoms with E-state index in [1.54, 1.807) is 77.2 Å². The summed E-state index contributed by atoms with van der Waals surface area (Å²) in [6.45, 7) is 19.0. The molecule has 2 saturated heterocycles. The van der Waals surface area contributed by atoms with Gasteiger partial charge in [-0.05, 0) is 72.4 Å². The smallest absolute Gasteiger partial charge is 0.410 e. The van der Waals surface area contributed by atoms with Gasteiger partial charge in [-0.2, -0.15) is 11.8 Å². The van der Waals surface area contributed by atoms with Crippen LogP contribution in [0.1, 0.15) is 103 Å². The molecule has 2 aliphatic rings. The van der Waals surface area contributed by atoms with Crippen molar-refractivity contribution in [3.8, 4) is 0 Å². The van der Waals surface area contributed by atoms with E-state index in [1.807, 2.05) is 56.5 Å². The molecule has 0 radical (unpaired) electrons. The number of nitrogens with zero attached hydrogens (tertiary/aromatic N) is 7. The number of thiazole rings is 1. The van der Waals surface area contributed by atoms with Gasteiger partial charge in [-0.1, -0.05) is 111 Å². The van der Waals surface area contributed by atoms with Crippen LogP contribution in [0.4, 0.5) is 10.5 Å². The Morgan fingerprint density at radius 1 is 0.747 bits per heavy atom. The van der Waals surface area contributed by atoms with Gasteiger partial charge >= 0.3 is 6.09 Å². The second kappa shape index (κ2) is 38.4. The molecule has 2 aromatic carbocycles. The van der Waals surface area contributed by atoms with Crippen molar-refractivity contribution in [1.82, 2.24) is 55.7 Å². The molecule has 520 valence electrons. The Morgan fingerprint density at radius 2 is 1.39 bits per heavy atom. The number of carbonyl (C=O) groups excluding carboxylic acids is 11. The number of hydrogen-bond donors (Lipinski definition) is 5. The van der Waals surface area contributed by atoms with Crippen LogP contribution >= 0.6 is 23.1 Å². The lowest BCUT2D eigenvalue weighted by Crippen LogP contribution is -2.59. The molecule has 5 rings (SSSR count). The fourth-order valence-corrected chi connectivity index (χ4v) is 13.0. The normalized spacial score (nSPS) is 16.4. The summed E-state index contributed by atoms with van der Waals surface area (Å²) in [6, 6.07) is 12.9. The predicted molar refractivity (Wildman–Crippen MR) is 361 cm³/mol. The molecule has 95 heavy (non-hydrogen) atoms. The fraction of sp³-hybridized carbons (Fsp3) is 0.552. The van der Waals surface area contributed by atoms with E-state index in [1.165, 1.54) is 45.1 Å². The molecule has 2 fully saturated rings. The van der Waals surface area contributed by atoms with Crippen LogP contribution in [-0.4, -0.2) is 215 Å². The molecule has 5 N–H and O–H groups in total. The van der Waals surface area contributed by atoms with Gasteiger partial charge in [0, 0.05) is 64.3 Å². The van der Waals surface area contributed by atoms with Crippen molar-refractivity contribution < 1.29 is 67.0 Å². The molecule has 28 heteroatoms. The highest BCUT2D eigenvalue weighted by Gasteiger charge is 2.43.